The molecular formula is C12H13NO5. The van der Waals surface area contributed by atoms with E-state index in [2.05, 4.69) is 5.32 Å². The summed E-state index contributed by atoms with van der Waals surface area (Å²) >= 11 is 0. The summed E-state index contributed by atoms with van der Waals surface area (Å²) in [6.45, 7) is 0.571. The van der Waals surface area contributed by atoms with Crippen molar-refractivity contribution in [3.8, 4) is 5.75 Å². The lowest BCUT2D eigenvalue weighted by molar-refractivity contribution is -0.124. The average Bonchev–Trinajstić information content (AvgIpc) is 2.81. The first-order valence-electron chi connectivity index (χ1n) is 5.56. The number of ether oxygens (including phenoxy) is 1. The third kappa shape index (κ3) is 2.60. The second-order valence-electron chi connectivity index (χ2n) is 4.03. The van der Waals surface area contributed by atoms with Crippen LogP contribution in [0.2, 0.25) is 0 Å². The van der Waals surface area contributed by atoms with Gasteiger partial charge in [0.25, 0.3) is 5.91 Å². The Bertz CT molecular complexity index is 479. The zero-order valence-electron chi connectivity index (χ0n) is 9.55. The summed E-state index contributed by atoms with van der Waals surface area (Å²) in [7, 11) is 0. The largest absolute Gasteiger partial charge is 0.507 e. The predicted octanol–water partition coefficient (Wildman–Crippen LogP) is 1.21. The van der Waals surface area contributed by atoms with E-state index in [4.69, 9.17) is 9.84 Å². The maximum absolute atomic E-state index is 11.7. The van der Waals surface area contributed by atoms with Gasteiger partial charge in [0.15, 0.2) is 0 Å². The second kappa shape index (κ2) is 5.05. The van der Waals surface area contributed by atoms with Crippen LogP contribution in [-0.2, 0) is 9.53 Å². The molecular weight excluding hydrogens is 238 g/mol. The lowest BCUT2D eigenvalue weighted by Crippen LogP contribution is -2.26. The minimum absolute atomic E-state index is 0.204. The van der Waals surface area contributed by atoms with Gasteiger partial charge in [-0.15, -0.1) is 0 Å². The monoisotopic (exact) mass is 251 g/mol. The van der Waals surface area contributed by atoms with Gasteiger partial charge in [0.2, 0.25) is 0 Å². The quantitative estimate of drug-likeness (QED) is 0.750. The van der Waals surface area contributed by atoms with E-state index in [9.17, 15) is 14.7 Å². The minimum atomic E-state index is -1.22. The first-order valence-corrected chi connectivity index (χ1v) is 5.56. The van der Waals surface area contributed by atoms with Gasteiger partial charge in [0.05, 0.1) is 0 Å². The Morgan fingerprint density at radius 1 is 1.39 bits per heavy atom. The Morgan fingerprint density at radius 3 is 2.72 bits per heavy atom. The summed E-state index contributed by atoms with van der Waals surface area (Å²) in [4.78, 5) is 22.4. The van der Waals surface area contributed by atoms with Crippen LogP contribution in [-0.4, -0.2) is 34.8 Å². The van der Waals surface area contributed by atoms with E-state index in [1.165, 1.54) is 18.2 Å². The average molecular weight is 251 g/mol. The number of aromatic hydroxyl groups is 1. The van der Waals surface area contributed by atoms with Gasteiger partial charge in [0.1, 0.15) is 17.4 Å². The molecule has 3 N–H and O–H groups in total. The van der Waals surface area contributed by atoms with E-state index in [1.54, 1.807) is 0 Å². The van der Waals surface area contributed by atoms with Crippen molar-refractivity contribution >= 4 is 17.6 Å². The molecule has 1 amide bonds. The minimum Gasteiger partial charge on any atom is -0.507 e. The van der Waals surface area contributed by atoms with Gasteiger partial charge in [-0.25, -0.2) is 4.79 Å². The summed E-state index contributed by atoms with van der Waals surface area (Å²) in [5, 5.41) is 20.8. The number of phenols is 1. The summed E-state index contributed by atoms with van der Waals surface area (Å²) in [5.41, 5.74) is 0.142. The van der Waals surface area contributed by atoms with Gasteiger partial charge in [-0.1, -0.05) is 0 Å². The number of aromatic carboxylic acids is 1. The van der Waals surface area contributed by atoms with Crippen LogP contribution in [0, 0.1) is 0 Å². The molecule has 0 bridgehead atoms. The molecule has 0 spiro atoms. The number of hydrogen-bond acceptors (Lipinski definition) is 4. The normalized spacial score (nSPS) is 18.6. The lowest BCUT2D eigenvalue weighted by atomic mass is 10.1. The molecule has 2 rings (SSSR count). The van der Waals surface area contributed by atoms with Crippen LogP contribution < -0.4 is 5.32 Å². The van der Waals surface area contributed by atoms with Crippen molar-refractivity contribution in [3.05, 3.63) is 23.8 Å². The molecule has 0 unspecified atom stereocenters. The first-order chi connectivity index (χ1) is 8.58. The number of carbonyl (C=O) groups is 2. The van der Waals surface area contributed by atoms with Crippen molar-refractivity contribution in [3.63, 3.8) is 0 Å². The van der Waals surface area contributed by atoms with Crippen molar-refractivity contribution in [1.29, 1.82) is 0 Å². The molecule has 6 heteroatoms. The van der Waals surface area contributed by atoms with Crippen molar-refractivity contribution < 1.29 is 24.5 Å². The van der Waals surface area contributed by atoms with Gasteiger partial charge in [-0.3, -0.25) is 4.79 Å². The van der Waals surface area contributed by atoms with E-state index in [0.717, 1.165) is 6.42 Å². The molecule has 0 radical (unpaired) electrons. The fourth-order valence-electron chi connectivity index (χ4n) is 1.80. The highest BCUT2D eigenvalue weighted by Crippen LogP contribution is 2.23. The maximum atomic E-state index is 11.7. The predicted molar refractivity (Wildman–Crippen MR) is 62.7 cm³/mol. The van der Waals surface area contributed by atoms with Crippen molar-refractivity contribution in [2.45, 2.75) is 18.9 Å². The molecule has 18 heavy (non-hydrogen) atoms. The van der Waals surface area contributed by atoms with Crippen molar-refractivity contribution in [1.82, 2.24) is 0 Å². The Labute approximate surface area is 103 Å². The van der Waals surface area contributed by atoms with Gasteiger partial charge in [-0.05, 0) is 25.0 Å². The molecule has 6 nitrogen and oxygen atoms in total. The van der Waals surface area contributed by atoms with E-state index in [1.807, 2.05) is 0 Å². The summed E-state index contributed by atoms with van der Waals surface area (Å²) in [5.74, 6) is -1.88. The molecule has 1 atom stereocenters. The molecule has 1 heterocycles. The highest BCUT2D eigenvalue weighted by molar-refractivity contribution is 5.96. The molecule has 96 valence electrons. The Kier molecular flexibility index (Phi) is 3.47. The first kappa shape index (κ1) is 12.4. The Morgan fingerprint density at radius 2 is 2.17 bits per heavy atom. The number of anilines is 1. The number of hydrogen-bond donors (Lipinski definition) is 3. The second-order valence-corrected chi connectivity index (χ2v) is 4.03. The molecule has 1 saturated heterocycles. The van der Waals surface area contributed by atoms with Crippen molar-refractivity contribution in [2.24, 2.45) is 0 Å². The molecule has 1 fully saturated rings. The van der Waals surface area contributed by atoms with E-state index >= 15 is 0 Å². The number of carbonyl (C=O) groups excluding carboxylic acids is 1. The summed E-state index contributed by atoms with van der Waals surface area (Å²) in [6, 6.07) is 3.87. The van der Waals surface area contributed by atoms with Crippen LogP contribution in [0.3, 0.4) is 0 Å². The van der Waals surface area contributed by atoms with Gasteiger partial charge >= 0.3 is 5.97 Å². The summed E-state index contributed by atoms with van der Waals surface area (Å²) < 4.78 is 5.21. The van der Waals surface area contributed by atoms with Crippen LogP contribution >= 0.6 is 0 Å². The highest BCUT2D eigenvalue weighted by Gasteiger charge is 2.23. The van der Waals surface area contributed by atoms with E-state index in [-0.39, 0.29) is 17.2 Å². The third-order valence-electron chi connectivity index (χ3n) is 2.72. The number of nitrogens with one attached hydrogen (secondary N) is 1. The van der Waals surface area contributed by atoms with Crippen LogP contribution in [0.5, 0.6) is 5.75 Å². The molecule has 1 aliphatic rings. The van der Waals surface area contributed by atoms with Crippen LogP contribution in [0.15, 0.2) is 18.2 Å². The Balaban J connectivity index is 2.07. The molecule has 0 saturated carbocycles. The summed E-state index contributed by atoms with van der Waals surface area (Å²) in [6.07, 6.45) is 1.05. The highest BCUT2D eigenvalue weighted by atomic mass is 16.5. The molecule has 1 aromatic carbocycles. The van der Waals surface area contributed by atoms with Crippen LogP contribution in [0.25, 0.3) is 0 Å². The topological polar surface area (TPSA) is 95.9 Å². The number of carboxylic acid groups (broad SMARTS) is 1. The lowest BCUT2D eigenvalue weighted by Gasteiger charge is -2.11. The molecule has 1 aromatic rings. The zero-order valence-corrected chi connectivity index (χ0v) is 9.55. The standard InChI is InChI=1S/C12H13NO5/c14-9-6-7(3-4-8(9)12(16)17)13-11(15)10-2-1-5-18-10/h3-4,6,10,14H,1-2,5H2,(H,13,15)(H,16,17)/t10-/m1/s1. The molecule has 0 aromatic heterocycles. The van der Waals surface area contributed by atoms with Crippen LogP contribution in [0.4, 0.5) is 5.69 Å². The molecule has 0 aliphatic carbocycles. The third-order valence-corrected chi connectivity index (χ3v) is 2.72. The SMILES string of the molecule is O=C(O)c1ccc(NC(=O)[C@H]2CCCO2)cc1O. The fraction of sp³-hybridized carbons (Fsp3) is 0.333. The zero-order chi connectivity index (χ0) is 13.1. The van der Waals surface area contributed by atoms with Crippen molar-refractivity contribution in [2.75, 3.05) is 11.9 Å². The Hall–Kier alpha value is -2.08. The van der Waals surface area contributed by atoms with Gasteiger partial charge in [0, 0.05) is 18.4 Å². The number of rotatable bonds is 3. The van der Waals surface area contributed by atoms with E-state index < -0.39 is 12.1 Å². The van der Waals surface area contributed by atoms with Crippen LogP contribution in [0.1, 0.15) is 23.2 Å². The van der Waals surface area contributed by atoms with E-state index in [0.29, 0.717) is 18.7 Å². The van der Waals surface area contributed by atoms with Gasteiger partial charge in [-0.2, -0.15) is 0 Å². The number of amides is 1. The number of benzene rings is 1. The molecule has 1 aliphatic heterocycles. The smallest absolute Gasteiger partial charge is 0.339 e. The van der Waals surface area contributed by atoms with Gasteiger partial charge < -0.3 is 20.3 Å². The maximum Gasteiger partial charge on any atom is 0.339 e. The fourth-order valence-corrected chi connectivity index (χ4v) is 1.80. The number of carboxylic acids is 1.